The fourth-order valence-corrected chi connectivity index (χ4v) is 8.11. The van der Waals surface area contributed by atoms with Crippen LogP contribution in [0.15, 0.2) is 170 Å². The van der Waals surface area contributed by atoms with Crippen LogP contribution < -0.4 is 0 Å². The summed E-state index contributed by atoms with van der Waals surface area (Å²) in [5.74, 6) is 1.99. The fourth-order valence-electron chi connectivity index (χ4n) is 7.04. The number of aromatic nitrogens is 4. The molecule has 0 saturated carbocycles. The molecule has 234 valence electrons. The Morgan fingerprint density at radius 3 is 1.48 bits per heavy atom. The third-order valence-corrected chi connectivity index (χ3v) is 10.6. The van der Waals surface area contributed by atoms with E-state index in [1.807, 2.05) is 72.0 Å². The number of benzene rings is 7. The van der Waals surface area contributed by atoms with Crippen molar-refractivity contribution in [2.45, 2.75) is 0 Å². The Bertz CT molecular complexity index is 2800. The van der Waals surface area contributed by atoms with E-state index in [-0.39, 0.29) is 0 Å². The summed E-state index contributed by atoms with van der Waals surface area (Å²) in [6, 6.07) is 59.8. The normalized spacial score (nSPS) is 11.6. The Kier molecular flexibility index (Phi) is 6.64. The molecule has 7 aromatic carbocycles. The Labute approximate surface area is 292 Å². The smallest absolute Gasteiger partial charge is 0.164 e. The molecule has 10 rings (SSSR count). The molecule has 0 fully saturated rings. The van der Waals surface area contributed by atoms with Crippen molar-refractivity contribution in [3.8, 4) is 51.0 Å². The van der Waals surface area contributed by atoms with Gasteiger partial charge in [0.05, 0.1) is 11.0 Å². The van der Waals surface area contributed by atoms with Crippen molar-refractivity contribution in [2.75, 3.05) is 0 Å². The molecule has 10 aromatic rings. The highest BCUT2D eigenvalue weighted by atomic mass is 32.1. The maximum atomic E-state index is 4.99. The van der Waals surface area contributed by atoms with Crippen molar-refractivity contribution in [2.24, 2.45) is 0 Å². The van der Waals surface area contributed by atoms with Gasteiger partial charge in [-0.2, -0.15) is 0 Å². The minimum absolute atomic E-state index is 0.661. The summed E-state index contributed by atoms with van der Waals surface area (Å²) in [4.78, 5) is 14.9. The lowest BCUT2D eigenvalue weighted by Crippen LogP contribution is -2.00. The van der Waals surface area contributed by atoms with Crippen LogP contribution in [0.1, 0.15) is 0 Å². The molecule has 5 heteroatoms. The zero-order chi connectivity index (χ0) is 33.0. The molecule has 0 saturated heterocycles. The standard InChI is InChI=1S/C45H28N4S/c1-4-12-29(13-5-1)43-46-44(30-14-6-2-7-15-30)48-45(47-43)33-22-25-42-38(27-33)37-26-31(21-24-41(37)50-42)32-20-23-36-35-18-10-11-19-39(35)49(40(36)28-32)34-16-8-3-9-17-34/h1-28H. The van der Waals surface area contributed by atoms with E-state index in [1.54, 1.807) is 0 Å². The molecular formula is C45H28N4S. The second kappa shape index (κ2) is 11.6. The minimum atomic E-state index is 0.661. The average molecular weight is 657 g/mol. The summed E-state index contributed by atoms with van der Waals surface area (Å²) in [5.41, 5.74) is 8.83. The zero-order valence-corrected chi connectivity index (χ0v) is 27.7. The Balaban J connectivity index is 1.12. The second-order valence-electron chi connectivity index (χ2n) is 12.5. The number of rotatable bonds is 5. The third kappa shape index (κ3) is 4.79. The Morgan fingerprint density at radius 1 is 0.340 bits per heavy atom. The first-order valence-electron chi connectivity index (χ1n) is 16.7. The van der Waals surface area contributed by atoms with E-state index in [9.17, 15) is 0 Å². The van der Waals surface area contributed by atoms with Crippen molar-refractivity contribution in [3.05, 3.63) is 170 Å². The summed E-state index contributed by atoms with van der Waals surface area (Å²) in [6.45, 7) is 0. The lowest BCUT2D eigenvalue weighted by molar-refractivity contribution is 1.07. The first-order chi connectivity index (χ1) is 24.8. The van der Waals surface area contributed by atoms with E-state index < -0.39 is 0 Å². The van der Waals surface area contributed by atoms with Gasteiger partial charge < -0.3 is 4.57 Å². The predicted octanol–water partition coefficient (Wildman–Crippen LogP) is 12.0. The summed E-state index contributed by atoms with van der Waals surface area (Å²) in [6.07, 6.45) is 0. The second-order valence-corrected chi connectivity index (χ2v) is 13.6. The van der Waals surface area contributed by atoms with Gasteiger partial charge in [-0.05, 0) is 65.7 Å². The third-order valence-electron chi connectivity index (χ3n) is 9.45. The van der Waals surface area contributed by atoms with Gasteiger partial charge in [-0.15, -0.1) is 11.3 Å². The van der Waals surface area contributed by atoms with E-state index in [0.29, 0.717) is 17.5 Å². The number of fused-ring (bicyclic) bond motifs is 6. The molecule has 0 radical (unpaired) electrons. The van der Waals surface area contributed by atoms with E-state index in [2.05, 4.69) is 114 Å². The number of hydrogen-bond acceptors (Lipinski definition) is 4. The van der Waals surface area contributed by atoms with Gasteiger partial charge in [0.2, 0.25) is 0 Å². The maximum absolute atomic E-state index is 4.99. The Hall–Kier alpha value is -6.43. The topological polar surface area (TPSA) is 43.6 Å². The summed E-state index contributed by atoms with van der Waals surface area (Å²) in [7, 11) is 0. The lowest BCUT2D eigenvalue weighted by atomic mass is 10.0. The molecular weight excluding hydrogens is 629 g/mol. The van der Waals surface area contributed by atoms with Crippen molar-refractivity contribution in [1.82, 2.24) is 19.5 Å². The van der Waals surface area contributed by atoms with E-state index >= 15 is 0 Å². The largest absolute Gasteiger partial charge is 0.309 e. The van der Waals surface area contributed by atoms with Crippen LogP contribution in [0.2, 0.25) is 0 Å². The number of nitrogens with zero attached hydrogens (tertiary/aromatic N) is 4. The van der Waals surface area contributed by atoms with Gasteiger partial charge in [-0.25, -0.2) is 15.0 Å². The predicted molar refractivity (Wildman–Crippen MR) is 209 cm³/mol. The Morgan fingerprint density at radius 2 is 0.820 bits per heavy atom. The van der Waals surface area contributed by atoms with Crippen LogP contribution in [-0.2, 0) is 0 Å². The molecule has 0 amide bonds. The number of para-hydroxylation sites is 2. The molecule has 0 aliphatic carbocycles. The highest BCUT2D eigenvalue weighted by molar-refractivity contribution is 7.25. The van der Waals surface area contributed by atoms with Gasteiger partial charge in [-0.1, -0.05) is 115 Å². The van der Waals surface area contributed by atoms with Crippen LogP contribution in [0.25, 0.3) is 93.0 Å². The highest BCUT2D eigenvalue weighted by Crippen LogP contribution is 2.40. The molecule has 4 nitrogen and oxygen atoms in total. The zero-order valence-electron chi connectivity index (χ0n) is 26.9. The van der Waals surface area contributed by atoms with Crippen molar-refractivity contribution in [1.29, 1.82) is 0 Å². The first-order valence-corrected chi connectivity index (χ1v) is 17.5. The van der Waals surface area contributed by atoms with Crippen LogP contribution in [0, 0.1) is 0 Å². The lowest BCUT2D eigenvalue weighted by Gasteiger charge is -2.09. The van der Waals surface area contributed by atoms with Gasteiger partial charge in [0, 0.05) is 53.3 Å². The molecule has 0 aliphatic rings. The van der Waals surface area contributed by atoms with E-state index in [4.69, 9.17) is 15.0 Å². The molecule has 3 aromatic heterocycles. The van der Waals surface area contributed by atoms with Crippen molar-refractivity contribution in [3.63, 3.8) is 0 Å². The van der Waals surface area contributed by atoms with Gasteiger partial charge >= 0.3 is 0 Å². The van der Waals surface area contributed by atoms with Gasteiger partial charge in [-0.3, -0.25) is 0 Å². The van der Waals surface area contributed by atoms with Crippen LogP contribution in [-0.4, -0.2) is 19.5 Å². The minimum Gasteiger partial charge on any atom is -0.309 e. The van der Waals surface area contributed by atoms with Gasteiger partial charge in [0.1, 0.15) is 0 Å². The number of hydrogen-bond donors (Lipinski definition) is 0. The SMILES string of the molecule is c1ccc(-c2nc(-c3ccccc3)nc(-c3ccc4sc5ccc(-c6ccc7c8ccccc8n(-c8ccccc8)c7c6)cc5c4c3)n2)cc1. The first kappa shape index (κ1) is 28.6. The molecule has 3 heterocycles. The quantitative estimate of drug-likeness (QED) is 0.185. The fraction of sp³-hybridized carbons (Fsp3) is 0. The van der Waals surface area contributed by atoms with Crippen LogP contribution in [0.5, 0.6) is 0 Å². The van der Waals surface area contributed by atoms with Crippen LogP contribution in [0.3, 0.4) is 0 Å². The van der Waals surface area contributed by atoms with E-state index in [1.165, 1.54) is 53.1 Å². The molecule has 50 heavy (non-hydrogen) atoms. The molecule has 0 atom stereocenters. The summed E-state index contributed by atoms with van der Waals surface area (Å²) < 4.78 is 4.87. The van der Waals surface area contributed by atoms with Gasteiger partial charge in [0.15, 0.2) is 17.5 Å². The highest BCUT2D eigenvalue weighted by Gasteiger charge is 2.16. The summed E-state index contributed by atoms with van der Waals surface area (Å²) in [5, 5.41) is 4.94. The molecule has 0 spiro atoms. The van der Waals surface area contributed by atoms with Crippen LogP contribution in [0.4, 0.5) is 0 Å². The van der Waals surface area contributed by atoms with Crippen LogP contribution >= 0.6 is 11.3 Å². The van der Waals surface area contributed by atoms with Crippen molar-refractivity contribution >= 4 is 53.3 Å². The monoisotopic (exact) mass is 656 g/mol. The van der Waals surface area contributed by atoms with Crippen molar-refractivity contribution < 1.29 is 0 Å². The maximum Gasteiger partial charge on any atom is 0.164 e. The molecule has 0 bridgehead atoms. The molecule has 0 unspecified atom stereocenters. The number of thiophene rings is 1. The average Bonchev–Trinajstić information content (AvgIpc) is 3.73. The van der Waals surface area contributed by atoms with Gasteiger partial charge in [0.25, 0.3) is 0 Å². The molecule has 0 aliphatic heterocycles. The van der Waals surface area contributed by atoms with E-state index in [0.717, 1.165) is 22.4 Å². The molecule has 0 N–H and O–H groups in total. The summed E-state index contributed by atoms with van der Waals surface area (Å²) >= 11 is 1.82.